The standard InChI is InChI=1S/C15H28N2O3/c1-12(2)7-9-17(10-8-15(19)20)11-14(18)16-13-5-3-4-6-13/h12-13H,3-11H2,1-2H3,(H,16,18)(H,19,20). The van der Waals surface area contributed by atoms with Gasteiger partial charge in [0.15, 0.2) is 0 Å². The monoisotopic (exact) mass is 284 g/mol. The summed E-state index contributed by atoms with van der Waals surface area (Å²) in [5.74, 6) is -0.220. The fourth-order valence-corrected chi connectivity index (χ4v) is 2.51. The van der Waals surface area contributed by atoms with E-state index >= 15 is 0 Å². The highest BCUT2D eigenvalue weighted by molar-refractivity contribution is 5.78. The van der Waals surface area contributed by atoms with Gasteiger partial charge in [-0.15, -0.1) is 0 Å². The van der Waals surface area contributed by atoms with Gasteiger partial charge < -0.3 is 10.4 Å². The van der Waals surface area contributed by atoms with Gasteiger partial charge in [0.1, 0.15) is 0 Å². The number of carboxylic acid groups (broad SMARTS) is 1. The average Bonchev–Trinajstić information content (AvgIpc) is 2.85. The van der Waals surface area contributed by atoms with Crippen LogP contribution in [-0.2, 0) is 9.59 Å². The molecule has 0 aromatic heterocycles. The number of nitrogens with one attached hydrogen (secondary N) is 1. The molecule has 0 heterocycles. The van der Waals surface area contributed by atoms with Crippen LogP contribution in [0, 0.1) is 5.92 Å². The lowest BCUT2D eigenvalue weighted by atomic mass is 10.1. The van der Waals surface area contributed by atoms with Crippen molar-refractivity contribution in [3.8, 4) is 0 Å². The molecule has 116 valence electrons. The fourth-order valence-electron chi connectivity index (χ4n) is 2.51. The molecule has 0 saturated heterocycles. The molecule has 1 saturated carbocycles. The molecule has 0 aromatic rings. The topological polar surface area (TPSA) is 69.6 Å². The van der Waals surface area contributed by atoms with Gasteiger partial charge in [-0.3, -0.25) is 14.5 Å². The molecule has 1 rings (SSSR count). The molecular formula is C15H28N2O3. The Labute approximate surface area is 121 Å². The maximum absolute atomic E-state index is 12.0. The summed E-state index contributed by atoms with van der Waals surface area (Å²) in [5.41, 5.74) is 0. The minimum absolute atomic E-state index is 0.0334. The number of carbonyl (C=O) groups excluding carboxylic acids is 1. The first-order valence-electron chi connectivity index (χ1n) is 7.71. The van der Waals surface area contributed by atoms with Gasteiger partial charge >= 0.3 is 5.97 Å². The lowest BCUT2D eigenvalue weighted by Crippen LogP contribution is -2.42. The molecule has 0 atom stereocenters. The molecule has 5 heteroatoms. The number of aliphatic carboxylic acids is 1. The number of hydrogen-bond acceptors (Lipinski definition) is 3. The third-order valence-electron chi connectivity index (χ3n) is 3.75. The van der Waals surface area contributed by atoms with Crippen LogP contribution in [0.1, 0.15) is 52.4 Å². The Morgan fingerprint density at radius 1 is 1.25 bits per heavy atom. The summed E-state index contributed by atoms with van der Waals surface area (Å²) in [6.45, 7) is 5.81. The number of carboxylic acids is 1. The van der Waals surface area contributed by atoms with E-state index in [4.69, 9.17) is 5.11 Å². The normalized spacial score (nSPS) is 16.0. The number of amides is 1. The van der Waals surface area contributed by atoms with Gasteiger partial charge in [-0.05, 0) is 31.7 Å². The quantitative estimate of drug-likeness (QED) is 0.678. The van der Waals surface area contributed by atoms with Gasteiger partial charge in [0.25, 0.3) is 0 Å². The summed E-state index contributed by atoms with van der Waals surface area (Å²) in [6, 6.07) is 0.328. The lowest BCUT2D eigenvalue weighted by Gasteiger charge is -2.23. The van der Waals surface area contributed by atoms with Crippen molar-refractivity contribution in [3.05, 3.63) is 0 Å². The Bertz CT molecular complexity index is 312. The van der Waals surface area contributed by atoms with Crippen molar-refractivity contribution >= 4 is 11.9 Å². The second-order valence-corrected chi connectivity index (χ2v) is 6.15. The Hall–Kier alpha value is -1.10. The fraction of sp³-hybridized carbons (Fsp3) is 0.867. The Kier molecular flexibility index (Phi) is 7.59. The van der Waals surface area contributed by atoms with Gasteiger partial charge in [0.05, 0.1) is 13.0 Å². The van der Waals surface area contributed by atoms with Crippen LogP contribution in [0.5, 0.6) is 0 Å². The van der Waals surface area contributed by atoms with Crippen LogP contribution >= 0.6 is 0 Å². The van der Waals surface area contributed by atoms with E-state index in [1.807, 2.05) is 4.90 Å². The average molecular weight is 284 g/mol. The van der Waals surface area contributed by atoms with Crippen molar-refractivity contribution in [1.82, 2.24) is 10.2 Å². The van der Waals surface area contributed by atoms with Gasteiger partial charge in [0, 0.05) is 12.6 Å². The molecule has 0 unspecified atom stereocenters. The van der Waals surface area contributed by atoms with Crippen LogP contribution in [0.4, 0.5) is 0 Å². The summed E-state index contributed by atoms with van der Waals surface area (Å²) in [5, 5.41) is 11.8. The zero-order chi connectivity index (χ0) is 15.0. The smallest absolute Gasteiger partial charge is 0.304 e. The van der Waals surface area contributed by atoms with Crippen LogP contribution in [0.15, 0.2) is 0 Å². The second-order valence-electron chi connectivity index (χ2n) is 6.15. The molecule has 0 spiro atoms. The van der Waals surface area contributed by atoms with E-state index in [1.165, 1.54) is 12.8 Å². The minimum Gasteiger partial charge on any atom is -0.481 e. The summed E-state index contributed by atoms with van der Waals surface area (Å²) in [7, 11) is 0. The summed E-state index contributed by atoms with van der Waals surface area (Å²) in [4.78, 5) is 24.6. The largest absolute Gasteiger partial charge is 0.481 e. The third-order valence-corrected chi connectivity index (χ3v) is 3.75. The van der Waals surface area contributed by atoms with Crippen molar-refractivity contribution in [3.63, 3.8) is 0 Å². The molecule has 1 fully saturated rings. The van der Waals surface area contributed by atoms with Crippen molar-refractivity contribution in [1.29, 1.82) is 0 Å². The van der Waals surface area contributed by atoms with Crippen molar-refractivity contribution in [2.45, 2.75) is 58.4 Å². The molecule has 0 aliphatic heterocycles. The van der Waals surface area contributed by atoms with E-state index < -0.39 is 5.97 Å². The lowest BCUT2D eigenvalue weighted by molar-refractivity contribution is -0.137. The van der Waals surface area contributed by atoms with E-state index in [9.17, 15) is 9.59 Å². The SMILES string of the molecule is CC(C)CCN(CCC(=O)O)CC(=O)NC1CCCC1. The molecule has 5 nitrogen and oxygen atoms in total. The molecule has 0 radical (unpaired) electrons. The number of rotatable bonds is 9. The third kappa shape index (κ3) is 7.48. The first-order valence-corrected chi connectivity index (χ1v) is 7.71. The van der Waals surface area contributed by atoms with Crippen LogP contribution in [0.25, 0.3) is 0 Å². The molecular weight excluding hydrogens is 256 g/mol. The first kappa shape index (κ1) is 17.0. The van der Waals surface area contributed by atoms with Gasteiger partial charge in [-0.25, -0.2) is 0 Å². The Morgan fingerprint density at radius 2 is 1.90 bits per heavy atom. The van der Waals surface area contributed by atoms with E-state index in [-0.39, 0.29) is 12.3 Å². The highest BCUT2D eigenvalue weighted by Crippen LogP contribution is 2.17. The zero-order valence-electron chi connectivity index (χ0n) is 12.7. The molecule has 1 aliphatic rings. The number of carbonyl (C=O) groups is 2. The molecule has 0 bridgehead atoms. The summed E-state index contributed by atoms with van der Waals surface area (Å²) >= 11 is 0. The van der Waals surface area contributed by atoms with Crippen molar-refractivity contribution in [2.24, 2.45) is 5.92 Å². The molecule has 20 heavy (non-hydrogen) atoms. The van der Waals surface area contributed by atoms with Crippen molar-refractivity contribution < 1.29 is 14.7 Å². The van der Waals surface area contributed by atoms with Gasteiger partial charge in [-0.1, -0.05) is 26.7 Å². The summed E-state index contributed by atoms with van der Waals surface area (Å²) < 4.78 is 0. The van der Waals surface area contributed by atoms with Crippen LogP contribution in [0.3, 0.4) is 0 Å². The first-order chi connectivity index (χ1) is 9.47. The van der Waals surface area contributed by atoms with E-state index in [1.54, 1.807) is 0 Å². The molecule has 0 aromatic carbocycles. The van der Waals surface area contributed by atoms with E-state index in [2.05, 4.69) is 19.2 Å². The highest BCUT2D eigenvalue weighted by atomic mass is 16.4. The van der Waals surface area contributed by atoms with Gasteiger partial charge in [0.2, 0.25) is 5.91 Å². The van der Waals surface area contributed by atoms with Gasteiger partial charge in [-0.2, -0.15) is 0 Å². The molecule has 1 amide bonds. The highest BCUT2D eigenvalue weighted by Gasteiger charge is 2.19. The maximum Gasteiger partial charge on any atom is 0.304 e. The predicted octanol–water partition coefficient (Wildman–Crippen LogP) is 1.87. The van der Waals surface area contributed by atoms with Crippen molar-refractivity contribution in [2.75, 3.05) is 19.6 Å². The van der Waals surface area contributed by atoms with Crippen LogP contribution < -0.4 is 5.32 Å². The minimum atomic E-state index is -0.809. The Morgan fingerprint density at radius 3 is 2.45 bits per heavy atom. The number of hydrogen-bond donors (Lipinski definition) is 2. The maximum atomic E-state index is 12.0. The van der Waals surface area contributed by atoms with E-state index in [0.29, 0.717) is 25.0 Å². The molecule has 1 aliphatic carbocycles. The zero-order valence-corrected chi connectivity index (χ0v) is 12.7. The van der Waals surface area contributed by atoms with E-state index in [0.717, 1.165) is 25.8 Å². The predicted molar refractivity (Wildman–Crippen MR) is 78.5 cm³/mol. The van der Waals surface area contributed by atoms with Crippen LogP contribution in [-0.4, -0.2) is 47.6 Å². The second kappa shape index (κ2) is 8.95. The van der Waals surface area contributed by atoms with Crippen LogP contribution in [0.2, 0.25) is 0 Å². The number of nitrogens with zero attached hydrogens (tertiary/aromatic N) is 1. The summed E-state index contributed by atoms with van der Waals surface area (Å²) in [6.07, 6.45) is 5.62. The Balaban J connectivity index is 2.35. The molecule has 2 N–H and O–H groups in total.